The van der Waals surface area contributed by atoms with Crippen LogP contribution in [0.15, 0.2) is 18.2 Å². The lowest BCUT2D eigenvalue weighted by Crippen LogP contribution is -2.50. The Bertz CT molecular complexity index is 593. The van der Waals surface area contributed by atoms with E-state index < -0.39 is 0 Å². The van der Waals surface area contributed by atoms with E-state index in [-0.39, 0.29) is 23.7 Å². The lowest BCUT2D eigenvalue weighted by molar-refractivity contribution is -0.138. The molecule has 1 aromatic rings. The van der Waals surface area contributed by atoms with Crippen molar-refractivity contribution in [2.24, 2.45) is 0 Å². The summed E-state index contributed by atoms with van der Waals surface area (Å²) in [5.74, 6) is -0.307. The Labute approximate surface area is 136 Å². The summed E-state index contributed by atoms with van der Waals surface area (Å²) in [6.07, 6.45) is 2.98. The number of fused-ring (bicyclic) bond motifs is 1. The van der Waals surface area contributed by atoms with Gasteiger partial charge in [0.15, 0.2) is 0 Å². The van der Waals surface area contributed by atoms with Crippen molar-refractivity contribution >= 4 is 40.1 Å². The van der Waals surface area contributed by atoms with Crippen LogP contribution < -0.4 is 4.90 Å². The van der Waals surface area contributed by atoms with Gasteiger partial charge in [-0.15, -0.1) is 0 Å². The average Bonchev–Trinajstić information content (AvgIpc) is 2.59. The second kappa shape index (κ2) is 5.90. The van der Waals surface area contributed by atoms with Crippen molar-refractivity contribution in [2.75, 3.05) is 18.0 Å². The maximum atomic E-state index is 13.3. The normalized spacial score (nSPS) is 23.0. The maximum Gasteiger partial charge on any atom is 0.249 e. The van der Waals surface area contributed by atoms with Gasteiger partial charge in [-0.05, 0) is 60.1 Å². The number of piperidine rings is 1. The van der Waals surface area contributed by atoms with E-state index in [1.165, 1.54) is 12.1 Å². The molecule has 1 unspecified atom stereocenters. The van der Waals surface area contributed by atoms with Crippen LogP contribution in [-0.2, 0) is 9.59 Å². The van der Waals surface area contributed by atoms with Crippen LogP contribution in [0, 0.1) is 9.39 Å². The van der Waals surface area contributed by atoms with Crippen molar-refractivity contribution in [3.8, 4) is 0 Å². The molecule has 2 amide bonds. The molecule has 3 rings (SSSR count). The molecule has 0 aromatic heterocycles. The number of rotatable bonds is 1. The van der Waals surface area contributed by atoms with Crippen LogP contribution in [0.2, 0.25) is 0 Å². The fourth-order valence-corrected chi connectivity index (χ4v) is 3.84. The van der Waals surface area contributed by atoms with E-state index in [0.29, 0.717) is 28.8 Å². The molecule has 0 N–H and O–H groups in total. The highest BCUT2D eigenvalue weighted by Crippen LogP contribution is 2.29. The summed E-state index contributed by atoms with van der Waals surface area (Å²) in [4.78, 5) is 28.4. The molecule has 1 aromatic carbocycles. The van der Waals surface area contributed by atoms with E-state index >= 15 is 0 Å². The van der Waals surface area contributed by atoms with Gasteiger partial charge in [0.2, 0.25) is 11.8 Å². The van der Waals surface area contributed by atoms with Gasteiger partial charge >= 0.3 is 0 Å². The van der Waals surface area contributed by atoms with Gasteiger partial charge in [0.05, 0.1) is 5.69 Å². The summed E-state index contributed by atoms with van der Waals surface area (Å²) in [6.45, 7) is 1.04. The van der Waals surface area contributed by atoms with Gasteiger partial charge in [-0.2, -0.15) is 0 Å². The fourth-order valence-electron chi connectivity index (χ4n) is 3.07. The quantitative estimate of drug-likeness (QED) is 0.678. The molecule has 21 heavy (non-hydrogen) atoms. The number of amides is 2. The van der Waals surface area contributed by atoms with E-state index in [9.17, 15) is 14.0 Å². The van der Waals surface area contributed by atoms with Crippen LogP contribution in [0.5, 0.6) is 0 Å². The van der Waals surface area contributed by atoms with Gasteiger partial charge in [0.1, 0.15) is 11.9 Å². The molecule has 2 heterocycles. The molecule has 0 radical (unpaired) electrons. The Balaban J connectivity index is 1.95. The summed E-state index contributed by atoms with van der Waals surface area (Å²) in [7, 11) is 0. The predicted octanol–water partition coefficient (Wildman–Crippen LogP) is 2.55. The summed E-state index contributed by atoms with van der Waals surface area (Å²) < 4.78 is 13.9. The zero-order valence-electron chi connectivity index (χ0n) is 11.5. The minimum Gasteiger partial charge on any atom is -0.331 e. The third kappa shape index (κ3) is 2.77. The van der Waals surface area contributed by atoms with E-state index in [4.69, 9.17) is 0 Å². The zero-order valence-corrected chi connectivity index (χ0v) is 13.7. The Morgan fingerprint density at radius 3 is 2.76 bits per heavy atom. The Kier molecular flexibility index (Phi) is 4.14. The minimum atomic E-state index is -0.352. The molecule has 1 atom stereocenters. The first-order valence-electron chi connectivity index (χ1n) is 7.14. The Hall–Kier alpha value is -1.18. The van der Waals surface area contributed by atoms with Crippen molar-refractivity contribution in [3.63, 3.8) is 0 Å². The summed E-state index contributed by atoms with van der Waals surface area (Å²) in [6, 6.07) is 4.04. The van der Waals surface area contributed by atoms with Crippen molar-refractivity contribution < 1.29 is 14.0 Å². The lowest BCUT2D eigenvalue weighted by Gasteiger charge is -2.34. The van der Waals surface area contributed by atoms with E-state index in [2.05, 4.69) is 0 Å². The monoisotopic (exact) mass is 402 g/mol. The van der Waals surface area contributed by atoms with Crippen LogP contribution in [0.3, 0.4) is 0 Å². The smallest absolute Gasteiger partial charge is 0.249 e. The highest BCUT2D eigenvalue weighted by atomic mass is 127. The van der Waals surface area contributed by atoms with Crippen molar-refractivity contribution in [2.45, 2.75) is 31.7 Å². The summed E-state index contributed by atoms with van der Waals surface area (Å²) in [5, 5.41) is 0. The molecule has 4 nitrogen and oxygen atoms in total. The highest BCUT2D eigenvalue weighted by Gasteiger charge is 2.38. The largest absolute Gasteiger partial charge is 0.331 e. The van der Waals surface area contributed by atoms with Gasteiger partial charge in [0.25, 0.3) is 0 Å². The first-order valence-corrected chi connectivity index (χ1v) is 8.21. The molecule has 2 aliphatic heterocycles. The summed E-state index contributed by atoms with van der Waals surface area (Å²) >= 11 is 2.03. The third-order valence-electron chi connectivity index (χ3n) is 4.12. The topological polar surface area (TPSA) is 40.6 Å². The SMILES string of the molecule is O=C1C2CCCCN2C(=O)CCN1c1ccc(F)cc1I. The molecular formula is C15H16FIN2O2. The number of carbonyl (C=O) groups excluding carboxylic acids is 2. The molecule has 2 fully saturated rings. The van der Waals surface area contributed by atoms with Gasteiger partial charge in [0, 0.05) is 23.1 Å². The van der Waals surface area contributed by atoms with Crippen LogP contribution >= 0.6 is 22.6 Å². The first-order chi connectivity index (χ1) is 10.1. The van der Waals surface area contributed by atoms with E-state index in [1.807, 2.05) is 22.6 Å². The van der Waals surface area contributed by atoms with Crippen LogP contribution in [0.4, 0.5) is 10.1 Å². The number of hydrogen-bond acceptors (Lipinski definition) is 2. The van der Waals surface area contributed by atoms with Crippen molar-refractivity contribution in [1.82, 2.24) is 4.90 Å². The number of carbonyl (C=O) groups is 2. The minimum absolute atomic E-state index is 0.0370. The number of hydrogen-bond donors (Lipinski definition) is 0. The average molecular weight is 402 g/mol. The van der Waals surface area contributed by atoms with Gasteiger partial charge in [-0.25, -0.2) is 4.39 Å². The number of nitrogens with zero attached hydrogens (tertiary/aromatic N) is 2. The Morgan fingerprint density at radius 1 is 1.19 bits per heavy atom. The molecular weight excluding hydrogens is 386 g/mol. The molecule has 2 saturated heterocycles. The first kappa shape index (κ1) is 14.7. The van der Waals surface area contributed by atoms with Gasteiger partial charge in [-0.3, -0.25) is 9.59 Å². The molecule has 112 valence electrons. The van der Waals surface area contributed by atoms with Crippen LogP contribution in [0.1, 0.15) is 25.7 Å². The predicted molar refractivity (Wildman–Crippen MR) is 85.4 cm³/mol. The Morgan fingerprint density at radius 2 is 2.00 bits per heavy atom. The zero-order chi connectivity index (χ0) is 15.0. The van der Waals surface area contributed by atoms with Crippen molar-refractivity contribution in [1.29, 1.82) is 0 Å². The lowest BCUT2D eigenvalue weighted by atomic mass is 10.0. The standard InChI is InChI=1S/C15H16FIN2O2/c16-10-4-5-12(11(17)9-10)19-8-6-14(20)18-7-2-1-3-13(18)15(19)21/h4-5,9,13H,1-3,6-8H2. The molecule has 0 aliphatic carbocycles. The van der Waals surface area contributed by atoms with Crippen LogP contribution in [0.25, 0.3) is 0 Å². The number of anilines is 1. The number of halogens is 2. The number of benzene rings is 1. The molecule has 0 saturated carbocycles. The molecule has 0 spiro atoms. The van der Waals surface area contributed by atoms with Crippen molar-refractivity contribution in [3.05, 3.63) is 27.6 Å². The summed E-state index contributed by atoms with van der Waals surface area (Å²) in [5.41, 5.74) is 0.697. The maximum absolute atomic E-state index is 13.3. The third-order valence-corrected chi connectivity index (χ3v) is 4.99. The van der Waals surface area contributed by atoms with E-state index in [0.717, 1.165) is 19.3 Å². The molecule has 2 aliphatic rings. The second-order valence-electron chi connectivity index (χ2n) is 5.43. The highest BCUT2D eigenvalue weighted by molar-refractivity contribution is 14.1. The second-order valence-corrected chi connectivity index (χ2v) is 6.60. The van der Waals surface area contributed by atoms with Crippen LogP contribution in [-0.4, -0.2) is 35.8 Å². The molecule has 6 heteroatoms. The van der Waals surface area contributed by atoms with Gasteiger partial charge in [-0.1, -0.05) is 0 Å². The molecule has 0 bridgehead atoms. The van der Waals surface area contributed by atoms with E-state index in [1.54, 1.807) is 15.9 Å². The fraction of sp³-hybridized carbons (Fsp3) is 0.467. The van der Waals surface area contributed by atoms with Gasteiger partial charge < -0.3 is 9.80 Å².